The summed E-state index contributed by atoms with van der Waals surface area (Å²) in [5.41, 5.74) is 6.03. The summed E-state index contributed by atoms with van der Waals surface area (Å²) in [6.07, 6.45) is 0. The summed E-state index contributed by atoms with van der Waals surface area (Å²) >= 11 is 5.90. The lowest BCUT2D eigenvalue weighted by molar-refractivity contribution is -0.119. The molecule has 0 saturated carbocycles. The number of hydrogen-bond donors (Lipinski definition) is 1. The van der Waals surface area contributed by atoms with E-state index in [9.17, 15) is 13.2 Å². The Balaban J connectivity index is 1.87. The van der Waals surface area contributed by atoms with Gasteiger partial charge in [-0.1, -0.05) is 53.6 Å². The number of benzene rings is 3. The fourth-order valence-electron chi connectivity index (χ4n) is 3.00. The third kappa shape index (κ3) is 5.75. The number of halogens is 1. The molecule has 1 N–H and O–H groups in total. The van der Waals surface area contributed by atoms with E-state index in [-0.39, 0.29) is 4.90 Å². The molecule has 3 aromatic rings. The molecule has 3 rings (SSSR count). The van der Waals surface area contributed by atoms with Crippen molar-refractivity contribution >= 4 is 38.9 Å². The zero-order valence-electron chi connectivity index (χ0n) is 18.0. The van der Waals surface area contributed by atoms with Crippen LogP contribution < -0.4 is 9.73 Å². The highest BCUT2D eigenvalue weighted by Gasteiger charge is 2.27. The fourth-order valence-corrected chi connectivity index (χ4v) is 4.54. The molecule has 0 saturated heterocycles. The number of carbonyl (C=O) groups excluding carboxylic acids is 1. The van der Waals surface area contributed by atoms with Gasteiger partial charge < -0.3 is 0 Å². The Labute approximate surface area is 193 Å². The van der Waals surface area contributed by atoms with Crippen LogP contribution in [0, 0.1) is 13.8 Å². The maximum Gasteiger partial charge on any atom is 0.264 e. The fraction of sp³-hybridized carbons (Fsp3) is 0.167. The minimum Gasteiger partial charge on any atom is -0.271 e. The number of nitrogens with zero attached hydrogens (tertiary/aromatic N) is 2. The number of aryl methyl sites for hydroxylation is 2. The second kappa shape index (κ2) is 9.97. The van der Waals surface area contributed by atoms with Gasteiger partial charge in [0.15, 0.2) is 0 Å². The van der Waals surface area contributed by atoms with E-state index in [4.69, 9.17) is 11.6 Å². The van der Waals surface area contributed by atoms with Gasteiger partial charge in [-0.15, -0.1) is 0 Å². The van der Waals surface area contributed by atoms with E-state index in [1.165, 1.54) is 12.1 Å². The normalized spacial score (nSPS) is 11.8. The topological polar surface area (TPSA) is 78.8 Å². The Morgan fingerprint density at radius 3 is 2.25 bits per heavy atom. The van der Waals surface area contributed by atoms with Gasteiger partial charge in [0, 0.05) is 5.02 Å². The molecule has 0 aliphatic rings. The van der Waals surface area contributed by atoms with Crippen LogP contribution in [0.15, 0.2) is 82.8 Å². The summed E-state index contributed by atoms with van der Waals surface area (Å²) in [5, 5.41) is 4.71. The zero-order chi connectivity index (χ0) is 23.3. The van der Waals surface area contributed by atoms with Crippen LogP contribution in [0.3, 0.4) is 0 Å². The molecule has 0 spiro atoms. The molecule has 166 valence electrons. The van der Waals surface area contributed by atoms with Crippen molar-refractivity contribution in [3.05, 3.63) is 94.5 Å². The molecule has 0 aromatic heterocycles. The van der Waals surface area contributed by atoms with Gasteiger partial charge >= 0.3 is 0 Å². The van der Waals surface area contributed by atoms with Crippen molar-refractivity contribution in [2.75, 3.05) is 10.8 Å². The third-order valence-electron chi connectivity index (χ3n) is 4.80. The lowest BCUT2D eigenvalue weighted by atomic mass is 10.1. The second-order valence-corrected chi connectivity index (χ2v) is 9.70. The molecular weight excluding hydrogens is 446 g/mol. The number of amides is 1. The first-order valence-corrected chi connectivity index (χ1v) is 11.7. The van der Waals surface area contributed by atoms with E-state index in [2.05, 4.69) is 10.5 Å². The van der Waals surface area contributed by atoms with E-state index in [1.807, 2.05) is 19.9 Å². The van der Waals surface area contributed by atoms with Crippen molar-refractivity contribution < 1.29 is 13.2 Å². The highest BCUT2D eigenvalue weighted by Crippen LogP contribution is 2.24. The molecule has 0 aliphatic heterocycles. The number of nitrogens with one attached hydrogen (secondary N) is 1. The molecule has 0 heterocycles. The van der Waals surface area contributed by atoms with Gasteiger partial charge in [0.05, 0.1) is 16.3 Å². The molecule has 0 atom stereocenters. The number of hydrogen-bond acceptors (Lipinski definition) is 4. The SMILES string of the molecule is C/C(=N/NC(=O)CN(c1cccc(C)c1)S(=O)(=O)c1ccc(C)cc1)c1ccc(Cl)cc1. The first-order valence-electron chi connectivity index (χ1n) is 9.92. The van der Waals surface area contributed by atoms with Crippen molar-refractivity contribution in [2.24, 2.45) is 5.10 Å². The molecule has 0 radical (unpaired) electrons. The maximum absolute atomic E-state index is 13.4. The minimum absolute atomic E-state index is 0.109. The van der Waals surface area contributed by atoms with Crippen LogP contribution >= 0.6 is 11.6 Å². The van der Waals surface area contributed by atoms with Crippen molar-refractivity contribution in [2.45, 2.75) is 25.7 Å². The Bertz CT molecular complexity index is 1240. The van der Waals surface area contributed by atoms with E-state index < -0.39 is 22.5 Å². The summed E-state index contributed by atoms with van der Waals surface area (Å²) in [6, 6.07) is 20.5. The number of rotatable bonds is 7. The van der Waals surface area contributed by atoms with Crippen molar-refractivity contribution in [1.29, 1.82) is 0 Å². The van der Waals surface area contributed by atoms with E-state index in [0.717, 1.165) is 21.0 Å². The summed E-state index contributed by atoms with van der Waals surface area (Å²) < 4.78 is 27.9. The standard InChI is InChI=1S/C24H24ClN3O3S/c1-17-7-13-23(14-8-17)32(30,31)28(22-6-4-5-18(2)15-22)16-24(29)27-26-19(3)20-9-11-21(25)12-10-20/h4-15H,16H2,1-3H3,(H,27,29)/b26-19-. The monoisotopic (exact) mass is 469 g/mol. The van der Waals surface area contributed by atoms with Gasteiger partial charge in [0.2, 0.25) is 0 Å². The number of carbonyl (C=O) groups is 1. The first kappa shape index (κ1) is 23.5. The second-order valence-electron chi connectivity index (χ2n) is 7.40. The average Bonchev–Trinajstić information content (AvgIpc) is 2.76. The molecule has 3 aromatic carbocycles. The summed E-state index contributed by atoms with van der Waals surface area (Å²) in [4.78, 5) is 12.8. The van der Waals surface area contributed by atoms with Gasteiger partial charge in [0.1, 0.15) is 6.54 Å². The van der Waals surface area contributed by atoms with Gasteiger partial charge in [-0.2, -0.15) is 5.10 Å². The Morgan fingerprint density at radius 1 is 0.969 bits per heavy atom. The smallest absolute Gasteiger partial charge is 0.264 e. The highest BCUT2D eigenvalue weighted by molar-refractivity contribution is 7.92. The van der Waals surface area contributed by atoms with Crippen LogP contribution in [0.5, 0.6) is 0 Å². The van der Waals surface area contributed by atoms with Gasteiger partial charge in [-0.05, 0) is 68.3 Å². The molecular formula is C24H24ClN3O3S. The molecule has 32 heavy (non-hydrogen) atoms. The average molecular weight is 470 g/mol. The van der Waals surface area contributed by atoms with E-state index >= 15 is 0 Å². The van der Waals surface area contributed by atoms with Crippen LogP contribution in [0.1, 0.15) is 23.6 Å². The molecule has 0 fully saturated rings. The number of hydrazone groups is 1. The van der Waals surface area contributed by atoms with E-state index in [0.29, 0.717) is 16.4 Å². The van der Waals surface area contributed by atoms with E-state index in [1.54, 1.807) is 61.5 Å². The lowest BCUT2D eigenvalue weighted by Crippen LogP contribution is -2.39. The Morgan fingerprint density at radius 2 is 1.62 bits per heavy atom. The minimum atomic E-state index is -3.97. The molecule has 0 unspecified atom stereocenters. The predicted molar refractivity (Wildman–Crippen MR) is 129 cm³/mol. The van der Waals surface area contributed by atoms with Crippen molar-refractivity contribution in [1.82, 2.24) is 5.43 Å². The van der Waals surface area contributed by atoms with Gasteiger partial charge in [0.25, 0.3) is 15.9 Å². The summed E-state index contributed by atoms with van der Waals surface area (Å²) in [7, 11) is -3.97. The highest BCUT2D eigenvalue weighted by atomic mass is 35.5. The van der Waals surface area contributed by atoms with Gasteiger partial charge in [-0.3, -0.25) is 9.10 Å². The van der Waals surface area contributed by atoms with Crippen LogP contribution in [-0.2, 0) is 14.8 Å². The van der Waals surface area contributed by atoms with Crippen LogP contribution in [0.25, 0.3) is 0 Å². The van der Waals surface area contributed by atoms with Crippen LogP contribution in [0.4, 0.5) is 5.69 Å². The number of anilines is 1. The predicted octanol–water partition coefficient (Wildman–Crippen LogP) is 4.69. The zero-order valence-corrected chi connectivity index (χ0v) is 19.6. The van der Waals surface area contributed by atoms with Gasteiger partial charge in [-0.25, -0.2) is 13.8 Å². The molecule has 0 aliphatic carbocycles. The summed E-state index contributed by atoms with van der Waals surface area (Å²) in [5.74, 6) is -0.560. The lowest BCUT2D eigenvalue weighted by Gasteiger charge is -2.24. The van der Waals surface area contributed by atoms with Crippen molar-refractivity contribution in [3.63, 3.8) is 0 Å². The molecule has 8 heteroatoms. The van der Waals surface area contributed by atoms with Crippen LogP contribution in [-0.4, -0.2) is 26.6 Å². The Hall–Kier alpha value is -3.16. The quantitative estimate of drug-likeness (QED) is 0.402. The Kier molecular flexibility index (Phi) is 7.33. The maximum atomic E-state index is 13.4. The first-order chi connectivity index (χ1) is 15.2. The molecule has 0 bridgehead atoms. The largest absolute Gasteiger partial charge is 0.271 e. The molecule has 6 nitrogen and oxygen atoms in total. The van der Waals surface area contributed by atoms with Crippen LogP contribution in [0.2, 0.25) is 5.02 Å². The molecule has 1 amide bonds. The number of sulfonamides is 1. The third-order valence-corrected chi connectivity index (χ3v) is 6.84. The summed E-state index contributed by atoms with van der Waals surface area (Å²) in [6.45, 7) is 5.06. The van der Waals surface area contributed by atoms with Crippen molar-refractivity contribution in [3.8, 4) is 0 Å².